The summed E-state index contributed by atoms with van der Waals surface area (Å²) in [5.74, 6) is 0.681. The van der Waals surface area contributed by atoms with E-state index in [1.807, 2.05) is 0 Å². The zero-order chi connectivity index (χ0) is 15.4. The third-order valence-electron chi connectivity index (χ3n) is 3.95. The quantitative estimate of drug-likeness (QED) is 0.873. The van der Waals surface area contributed by atoms with Crippen LogP contribution in [-0.4, -0.2) is 33.0 Å². The van der Waals surface area contributed by atoms with Gasteiger partial charge in [-0.05, 0) is 24.8 Å². The molecule has 0 unspecified atom stereocenters. The van der Waals surface area contributed by atoms with Crippen molar-refractivity contribution in [1.82, 2.24) is 19.9 Å². The number of rotatable bonds is 5. The van der Waals surface area contributed by atoms with Crippen molar-refractivity contribution >= 4 is 23.3 Å². The lowest BCUT2D eigenvalue weighted by molar-refractivity contribution is -0.124. The molecule has 7 nitrogen and oxygen atoms in total. The minimum Gasteiger partial charge on any atom is -0.347 e. The molecule has 2 amide bonds. The largest absolute Gasteiger partial charge is 0.347 e. The molecule has 1 aliphatic carbocycles. The van der Waals surface area contributed by atoms with E-state index in [9.17, 15) is 9.59 Å². The standard InChI is InChI=1S/C15H19N5O2/c21-14(9-11-3-1-2-4-11)17-10-15(22)19-13-5-7-16-12-6-8-18-20(12)13/h5-8,11H,1-4,9-10H2,(H,17,21)(H,19,22). The molecule has 0 spiro atoms. The summed E-state index contributed by atoms with van der Waals surface area (Å²) >= 11 is 0. The van der Waals surface area contributed by atoms with Crippen molar-refractivity contribution in [3.63, 3.8) is 0 Å². The molecule has 7 heteroatoms. The van der Waals surface area contributed by atoms with E-state index >= 15 is 0 Å². The van der Waals surface area contributed by atoms with Crippen LogP contribution < -0.4 is 10.6 Å². The maximum Gasteiger partial charge on any atom is 0.244 e. The first-order valence-electron chi connectivity index (χ1n) is 7.57. The van der Waals surface area contributed by atoms with Gasteiger partial charge in [0, 0.05) is 18.7 Å². The highest BCUT2D eigenvalue weighted by molar-refractivity contribution is 5.94. The fraction of sp³-hybridized carbons (Fsp3) is 0.467. The lowest BCUT2D eigenvalue weighted by Gasteiger charge is -2.10. The van der Waals surface area contributed by atoms with E-state index in [-0.39, 0.29) is 18.4 Å². The molecular weight excluding hydrogens is 282 g/mol. The molecule has 0 saturated heterocycles. The average Bonchev–Trinajstić information content (AvgIpc) is 3.16. The topological polar surface area (TPSA) is 88.4 Å². The van der Waals surface area contributed by atoms with Crippen molar-refractivity contribution in [3.8, 4) is 0 Å². The lowest BCUT2D eigenvalue weighted by Crippen LogP contribution is -2.34. The molecule has 2 N–H and O–H groups in total. The summed E-state index contributed by atoms with van der Waals surface area (Å²) in [7, 11) is 0. The van der Waals surface area contributed by atoms with Crippen LogP contribution in [0.2, 0.25) is 0 Å². The van der Waals surface area contributed by atoms with Gasteiger partial charge >= 0.3 is 0 Å². The molecule has 0 atom stereocenters. The summed E-state index contributed by atoms with van der Waals surface area (Å²) < 4.78 is 1.54. The maximum atomic E-state index is 11.9. The minimum atomic E-state index is -0.275. The van der Waals surface area contributed by atoms with Gasteiger partial charge in [0.05, 0.1) is 12.7 Å². The van der Waals surface area contributed by atoms with Crippen LogP contribution in [0.25, 0.3) is 5.65 Å². The van der Waals surface area contributed by atoms with Gasteiger partial charge in [0.2, 0.25) is 11.8 Å². The van der Waals surface area contributed by atoms with E-state index in [2.05, 4.69) is 20.7 Å². The van der Waals surface area contributed by atoms with E-state index < -0.39 is 0 Å². The first kappa shape index (κ1) is 14.5. The molecule has 3 rings (SSSR count). The van der Waals surface area contributed by atoms with Crippen LogP contribution >= 0.6 is 0 Å². The van der Waals surface area contributed by atoms with E-state index in [0.717, 1.165) is 12.8 Å². The second kappa shape index (κ2) is 6.55. The number of aromatic nitrogens is 3. The van der Waals surface area contributed by atoms with Crippen LogP contribution in [0.15, 0.2) is 24.5 Å². The number of hydrogen-bond acceptors (Lipinski definition) is 4. The monoisotopic (exact) mass is 301 g/mol. The van der Waals surface area contributed by atoms with Crippen LogP contribution in [0.1, 0.15) is 32.1 Å². The van der Waals surface area contributed by atoms with E-state index in [0.29, 0.717) is 23.8 Å². The van der Waals surface area contributed by atoms with Gasteiger partial charge in [0.15, 0.2) is 5.65 Å². The van der Waals surface area contributed by atoms with Crippen molar-refractivity contribution in [2.24, 2.45) is 5.92 Å². The molecule has 2 heterocycles. The average molecular weight is 301 g/mol. The van der Waals surface area contributed by atoms with Crippen molar-refractivity contribution in [1.29, 1.82) is 0 Å². The van der Waals surface area contributed by atoms with Crippen molar-refractivity contribution in [3.05, 3.63) is 24.5 Å². The zero-order valence-corrected chi connectivity index (χ0v) is 12.3. The summed E-state index contributed by atoms with van der Waals surface area (Å²) in [6, 6.07) is 3.41. The maximum absolute atomic E-state index is 11.9. The Bertz CT molecular complexity index is 675. The van der Waals surface area contributed by atoms with Crippen LogP contribution in [0, 0.1) is 5.92 Å². The molecule has 116 valence electrons. The highest BCUT2D eigenvalue weighted by Gasteiger charge is 2.18. The SMILES string of the molecule is O=C(CC1CCCC1)NCC(=O)Nc1ccnc2ccnn12. The summed E-state index contributed by atoms with van der Waals surface area (Å²) in [5, 5.41) is 9.49. The van der Waals surface area contributed by atoms with Crippen molar-refractivity contribution < 1.29 is 9.59 Å². The summed E-state index contributed by atoms with van der Waals surface area (Å²) in [4.78, 5) is 27.9. The van der Waals surface area contributed by atoms with Gasteiger partial charge in [0.1, 0.15) is 5.82 Å². The van der Waals surface area contributed by atoms with Gasteiger partial charge in [-0.25, -0.2) is 4.98 Å². The molecule has 2 aromatic rings. The molecule has 0 radical (unpaired) electrons. The third kappa shape index (κ3) is 3.41. The second-order valence-corrected chi connectivity index (χ2v) is 5.61. The Labute approximate surface area is 128 Å². The number of carbonyl (C=O) groups excluding carboxylic acids is 2. The number of amides is 2. The van der Waals surface area contributed by atoms with Gasteiger partial charge in [-0.3, -0.25) is 9.59 Å². The second-order valence-electron chi connectivity index (χ2n) is 5.61. The number of hydrogen-bond donors (Lipinski definition) is 2. The number of nitrogens with zero attached hydrogens (tertiary/aromatic N) is 3. The molecule has 1 fully saturated rings. The Morgan fingerprint density at radius 1 is 1.18 bits per heavy atom. The van der Waals surface area contributed by atoms with Crippen molar-refractivity contribution in [2.45, 2.75) is 32.1 Å². The first-order chi connectivity index (χ1) is 10.7. The molecule has 1 aliphatic rings. The molecule has 22 heavy (non-hydrogen) atoms. The Balaban J connectivity index is 1.50. The number of carbonyl (C=O) groups is 2. The Kier molecular flexibility index (Phi) is 4.32. The minimum absolute atomic E-state index is 0.0311. The smallest absolute Gasteiger partial charge is 0.244 e. The molecular formula is C15H19N5O2. The number of nitrogens with one attached hydrogen (secondary N) is 2. The molecule has 0 aromatic carbocycles. The van der Waals surface area contributed by atoms with Gasteiger partial charge < -0.3 is 10.6 Å². The van der Waals surface area contributed by atoms with E-state index in [4.69, 9.17) is 0 Å². The Hall–Kier alpha value is -2.44. The Morgan fingerprint density at radius 3 is 2.82 bits per heavy atom. The van der Waals surface area contributed by atoms with Gasteiger partial charge in [0.25, 0.3) is 0 Å². The summed E-state index contributed by atoms with van der Waals surface area (Å²) in [5.41, 5.74) is 0.656. The molecule has 0 aliphatic heterocycles. The third-order valence-corrected chi connectivity index (χ3v) is 3.95. The highest BCUT2D eigenvalue weighted by Crippen LogP contribution is 2.27. The van der Waals surface area contributed by atoms with Crippen LogP contribution in [0.4, 0.5) is 5.82 Å². The molecule has 0 bridgehead atoms. The van der Waals surface area contributed by atoms with Gasteiger partial charge in [-0.15, -0.1) is 0 Å². The van der Waals surface area contributed by atoms with Crippen LogP contribution in [-0.2, 0) is 9.59 Å². The highest BCUT2D eigenvalue weighted by atomic mass is 16.2. The normalized spacial score (nSPS) is 15.1. The van der Waals surface area contributed by atoms with Crippen LogP contribution in [0.3, 0.4) is 0 Å². The summed E-state index contributed by atoms with van der Waals surface area (Å²) in [6.07, 6.45) is 8.39. The summed E-state index contributed by atoms with van der Waals surface area (Å²) in [6.45, 7) is -0.0311. The predicted octanol–water partition coefficient (Wildman–Crippen LogP) is 1.36. The van der Waals surface area contributed by atoms with E-state index in [1.54, 1.807) is 24.5 Å². The number of fused-ring (bicyclic) bond motifs is 1. The number of anilines is 1. The van der Waals surface area contributed by atoms with Crippen molar-refractivity contribution in [2.75, 3.05) is 11.9 Å². The predicted molar refractivity (Wildman–Crippen MR) is 81.2 cm³/mol. The first-order valence-corrected chi connectivity index (χ1v) is 7.57. The van der Waals surface area contributed by atoms with Crippen LogP contribution in [0.5, 0.6) is 0 Å². The molecule has 2 aromatic heterocycles. The fourth-order valence-corrected chi connectivity index (χ4v) is 2.84. The Morgan fingerprint density at radius 2 is 2.00 bits per heavy atom. The molecule has 1 saturated carbocycles. The van der Waals surface area contributed by atoms with E-state index in [1.165, 1.54) is 17.4 Å². The van der Waals surface area contributed by atoms with Gasteiger partial charge in [-0.1, -0.05) is 12.8 Å². The lowest BCUT2D eigenvalue weighted by atomic mass is 10.0. The fourth-order valence-electron chi connectivity index (χ4n) is 2.84. The zero-order valence-electron chi connectivity index (χ0n) is 12.3. The van der Waals surface area contributed by atoms with Gasteiger partial charge in [-0.2, -0.15) is 9.61 Å².